The van der Waals surface area contributed by atoms with Crippen LogP contribution in [0.15, 0.2) is 0 Å². The quantitative estimate of drug-likeness (QED) is 0.489. The van der Waals surface area contributed by atoms with Gasteiger partial charge in [-0.1, -0.05) is 0 Å². The largest absolute Gasteiger partial charge is 0.467 e. The Bertz CT molecular complexity index is 365. The van der Waals surface area contributed by atoms with E-state index in [1.54, 1.807) is 0 Å². The van der Waals surface area contributed by atoms with Crippen molar-refractivity contribution >= 4 is 16.4 Å². The summed E-state index contributed by atoms with van der Waals surface area (Å²) in [6.07, 6.45) is -4.55. The summed E-state index contributed by atoms with van der Waals surface area (Å²) in [7, 11) is -3.52. The van der Waals surface area contributed by atoms with Crippen LogP contribution in [-0.4, -0.2) is 55.6 Å². The molecule has 1 fully saturated rings. The minimum atomic E-state index is -4.69. The molecule has 4 atom stereocenters. The Hall–Kier alpha value is -0.740. The number of esters is 1. The van der Waals surface area contributed by atoms with Crippen molar-refractivity contribution in [1.82, 2.24) is 0 Å². The topological polar surface area (TPSA) is 119 Å². The van der Waals surface area contributed by atoms with Gasteiger partial charge in [-0.3, -0.25) is 4.55 Å². The molecule has 0 spiro atoms. The van der Waals surface area contributed by atoms with Gasteiger partial charge >= 0.3 is 16.4 Å². The van der Waals surface area contributed by atoms with Gasteiger partial charge < -0.3 is 14.6 Å². The Labute approximate surface area is 98.4 Å². The average molecular weight is 270 g/mol. The molecule has 8 nitrogen and oxygen atoms in total. The molecule has 0 aliphatic carbocycles. The molecule has 1 saturated heterocycles. The van der Waals surface area contributed by atoms with Crippen molar-refractivity contribution in [1.29, 1.82) is 0 Å². The van der Waals surface area contributed by atoms with E-state index >= 15 is 0 Å². The first-order valence-electron chi connectivity index (χ1n) is 4.81. The second kappa shape index (κ2) is 5.27. The molecule has 0 saturated carbocycles. The molecule has 0 aromatic carbocycles. The highest BCUT2D eigenvalue weighted by molar-refractivity contribution is 7.80. The van der Waals surface area contributed by atoms with Crippen LogP contribution in [0.4, 0.5) is 0 Å². The smallest absolute Gasteiger partial charge is 0.397 e. The van der Waals surface area contributed by atoms with Crippen LogP contribution >= 0.6 is 0 Å². The fourth-order valence-electron chi connectivity index (χ4n) is 1.62. The Morgan fingerprint density at radius 3 is 2.47 bits per heavy atom. The number of ether oxygens (including phenoxy) is 2. The van der Waals surface area contributed by atoms with Crippen LogP contribution < -0.4 is 0 Å². The van der Waals surface area contributed by atoms with Crippen molar-refractivity contribution in [3.63, 3.8) is 0 Å². The predicted octanol–water partition coefficient (Wildman–Crippen LogP) is -1.11. The van der Waals surface area contributed by atoms with Crippen LogP contribution in [0.3, 0.4) is 0 Å². The standard InChI is InChI=1S/C8H14O8S/c1-4-7(16-17(11,12)13)5(9)3-6(15-4)8(10)14-2/h4-7,9H,3H2,1-2H3,(H,11,12,13). The van der Waals surface area contributed by atoms with E-state index in [4.69, 9.17) is 9.29 Å². The molecule has 9 heteroatoms. The molecule has 1 aliphatic rings. The molecule has 0 aromatic heterocycles. The van der Waals surface area contributed by atoms with Crippen LogP contribution in [0.25, 0.3) is 0 Å². The van der Waals surface area contributed by atoms with Gasteiger partial charge in [0, 0.05) is 6.42 Å². The predicted molar refractivity (Wildman–Crippen MR) is 53.4 cm³/mol. The number of hydrogen-bond acceptors (Lipinski definition) is 7. The van der Waals surface area contributed by atoms with E-state index in [1.807, 2.05) is 0 Å². The molecular formula is C8H14O8S. The average Bonchev–Trinajstić information content (AvgIpc) is 2.20. The van der Waals surface area contributed by atoms with Crippen LogP contribution in [-0.2, 0) is 28.9 Å². The highest BCUT2D eigenvalue weighted by Crippen LogP contribution is 2.24. The molecule has 0 amide bonds. The zero-order chi connectivity index (χ0) is 13.2. The Morgan fingerprint density at radius 1 is 1.47 bits per heavy atom. The first-order valence-corrected chi connectivity index (χ1v) is 6.18. The molecular weight excluding hydrogens is 256 g/mol. The van der Waals surface area contributed by atoms with Gasteiger partial charge in [0.1, 0.15) is 6.10 Å². The van der Waals surface area contributed by atoms with Crippen molar-refractivity contribution in [3.8, 4) is 0 Å². The fraction of sp³-hybridized carbons (Fsp3) is 0.875. The molecule has 100 valence electrons. The fourth-order valence-corrected chi connectivity index (χ4v) is 2.19. The van der Waals surface area contributed by atoms with E-state index in [0.29, 0.717) is 0 Å². The number of carbonyl (C=O) groups is 1. The van der Waals surface area contributed by atoms with Crippen LogP contribution in [0.1, 0.15) is 13.3 Å². The van der Waals surface area contributed by atoms with Crippen molar-refractivity contribution in [3.05, 3.63) is 0 Å². The molecule has 17 heavy (non-hydrogen) atoms. The third-order valence-corrected chi connectivity index (χ3v) is 2.84. The maximum absolute atomic E-state index is 11.2. The Kier molecular flexibility index (Phi) is 4.44. The van der Waals surface area contributed by atoms with Crippen molar-refractivity contribution < 1.29 is 36.5 Å². The van der Waals surface area contributed by atoms with E-state index in [1.165, 1.54) is 14.0 Å². The number of hydrogen-bond donors (Lipinski definition) is 2. The van der Waals surface area contributed by atoms with Gasteiger partial charge in [-0.05, 0) is 6.92 Å². The molecule has 0 radical (unpaired) electrons. The molecule has 2 N–H and O–H groups in total. The van der Waals surface area contributed by atoms with E-state index in [-0.39, 0.29) is 6.42 Å². The van der Waals surface area contributed by atoms with E-state index in [9.17, 15) is 18.3 Å². The lowest BCUT2D eigenvalue weighted by atomic mass is 9.99. The first kappa shape index (κ1) is 14.3. The third kappa shape index (κ3) is 3.89. The first-order chi connectivity index (χ1) is 7.74. The summed E-state index contributed by atoms with van der Waals surface area (Å²) < 4.78 is 43.4. The lowest BCUT2D eigenvalue weighted by Gasteiger charge is -2.35. The maximum Gasteiger partial charge on any atom is 0.397 e. The summed E-state index contributed by atoms with van der Waals surface area (Å²) in [5, 5.41) is 9.63. The van der Waals surface area contributed by atoms with Crippen LogP contribution in [0.5, 0.6) is 0 Å². The molecule has 1 rings (SSSR count). The van der Waals surface area contributed by atoms with Gasteiger partial charge in [-0.2, -0.15) is 8.42 Å². The van der Waals surface area contributed by atoms with Crippen molar-refractivity contribution in [2.75, 3.05) is 7.11 Å². The molecule has 1 heterocycles. The third-order valence-electron chi connectivity index (χ3n) is 2.37. The van der Waals surface area contributed by atoms with Gasteiger partial charge in [0.25, 0.3) is 0 Å². The van der Waals surface area contributed by atoms with Crippen LogP contribution in [0, 0.1) is 0 Å². The Balaban J connectivity index is 2.72. The second-order valence-electron chi connectivity index (χ2n) is 3.64. The normalized spacial score (nSPS) is 34.4. The summed E-state index contributed by atoms with van der Waals surface area (Å²) in [6.45, 7) is 1.41. The summed E-state index contributed by atoms with van der Waals surface area (Å²) in [6, 6.07) is 0. The minimum absolute atomic E-state index is 0.169. The monoisotopic (exact) mass is 270 g/mol. The molecule has 0 aromatic rings. The van der Waals surface area contributed by atoms with Crippen molar-refractivity contribution in [2.45, 2.75) is 37.8 Å². The minimum Gasteiger partial charge on any atom is -0.467 e. The number of carbonyl (C=O) groups excluding carboxylic acids is 1. The molecule has 4 unspecified atom stereocenters. The van der Waals surface area contributed by atoms with Gasteiger partial charge in [0.2, 0.25) is 0 Å². The lowest BCUT2D eigenvalue weighted by molar-refractivity contribution is -0.184. The summed E-state index contributed by atoms with van der Waals surface area (Å²) in [5.41, 5.74) is 0. The maximum atomic E-state index is 11.2. The summed E-state index contributed by atoms with van der Waals surface area (Å²) in [5.74, 6) is -0.666. The van der Waals surface area contributed by atoms with E-state index < -0.39 is 40.8 Å². The van der Waals surface area contributed by atoms with Crippen molar-refractivity contribution in [2.24, 2.45) is 0 Å². The summed E-state index contributed by atoms with van der Waals surface area (Å²) >= 11 is 0. The number of aliphatic hydroxyl groups is 1. The zero-order valence-electron chi connectivity index (χ0n) is 9.27. The molecule has 0 bridgehead atoms. The van der Waals surface area contributed by atoms with Crippen LogP contribution in [0.2, 0.25) is 0 Å². The van der Waals surface area contributed by atoms with Gasteiger partial charge in [-0.25, -0.2) is 8.98 Å². The summed E-state index contributed by atoms with van der Waals surface area (Å²) in [4.78, 5) is 11.2. The number of rotatable bonds is 3. The second-order valence-corrected chi connectivity index (χ2v) is 4.69. The van der Waals surface area contributed by atoms with E-state index in [2.05, 4.69) is 8.92 Å². The lowest BCUT2D eigenvalue weighted by Crippen LogP contribution is -2.51. The van der Waals surface area contributed by atoms with Gasteiger partial charge in [-0.15, -0.1) is 0 Å². The number of aliphatic hydroxyl groups excluding tert-OH is 1. The van der Waals surface area contributed by atoms with Gasteiger partial charge in [0.15, 0.2) is 6.10 Å². The number of methoxy groups -OCH3 is 1. The molecule has 1 aliphatic heterocycles. The highest BCUT2D eigenvalue weighted by Gasteiger charge is 2.41. The van der Waals surface area contributed by atoms with Gasteiger partial charge in [0.05, 0.1) is 19.3 Å². The van der Waals surface area contributed by atoms with E-state index in [0.717, 1.165) is 0 Å². The SMILES string of the molecule is COC(=O)C1CC(O)C(OS(=O)(=O)O)C(C)O1. The zero-order valence-corrected chi connectivity index (χ0v) is 10.1. The highest BCUT2D eigenvalue weighted by atomic mass is 32.3. The Morgan fingerprint density at radius 2 is 2.06 bits per heavy atom.